The van der Waals surface area contributed by atoms with Crippen LogP contribution in [0.5, 0.6) is 5.75 Å². The second-order valence-electron chi connectivity index (χ2n) is 5.57. The van der Waals surface area contributed by atoms with E-state index in [0.29, 0.717) is 18.4 Å². The number of ether oxygens (including phenoxy) is 1. The Bertz CT molecular complexity index is 534. The van der Waals surface area contributed by atoms with Crippen LogP contribution < -0.4 is 0 Å². The zero-order valence-corrected chi connectivity index (χ0v) is 12.6. The van der Waals surface area contributed by atoms with Gasteiger partial charge in [0.1, 0.15) is 11.9 Å². The van der Waals surface area contributed by atoms with E-state index in [-0.39, 0.29) is 30.7 Å². The van der Waals surface area contributed by atoms with E-state index in [1.807, 2.05) is 0 Å². The molecule has 0 aliphatic heterocycles. The lowest BCUT2D eigenvalue weighted by Crippen LogP contribution is -2.19. The second kappa shape index (κ2) is 7.42. The highest BCUT2D eigenvalue weighted by atomic mass is 16.5. The van der Waals surface area contributed by atoms with Crippen LogP contribution in [-0.4, -0.2) is 40.1 Å². The summed E-state index contributed by atoms with van der Waals surface area (Å²) in [4.78, 5) is 11.9. The number of aromatic hydroxyl groups is 1. The molecule has 0 heterocycles. The fourth-order valence-electron chi connectivity index (χ4n) is 2.83. The molecule has 3 unspecified atom stereocenters. The molecule has 120 valence electrons. The van der Waals surface area contributed by atoms with Crippen molar-refractivity contribution >= 4 is 5.97 Å². The number of hydrogen-bond donors (Lipinski definition) is 3. The van der Waals surface area contributed by atoms with Crippen molar-refractivity contribution in [2.45, 2.75) is 38.4 Å². The minimum Gasteiger partial charge on any atom is -0.508 e. The van der Waals surface area contributed by atoms with E-state index < -0.39 is 12.2 Å². The summed E-state index contributed by atoms with van der Waals surface area (Å²) in [5.74, 6) is -0.279. The predicted molar refractivity (Wildman–Crippen MR) is 81.3 cm³/mol. The molecule has 1 aliphatic rings. The smallest absolute Gasteiger partial charge is 0.306 e. The lowest BCUT2D eigenvalue weighted by Gasteiger charge is -2.12. The molecule has 1 saturated carbocycles. The highest BCUT2D eigenvalue weighted by Crippen LogP contribution is 2.34. The van der Waals surface area contributed by atoms with Gasteiger partial charge in [0.25, 0.3) is 0 Å². The standard InChI is InChI=1S/C17H22O5/c1-2-14-12(9-15(19)17(14)21)10-16(20)22-8-7-11-3-5-13(18)6-4-11/h2-6,12,15,17-19,21H,7-10H2,1H3/b14-2+. The minimum atomic E-state index is -0.875. The molecule has 0 spiro atoms. The molecular formula is C17H22O5. The Labute approximate surface area is 129 Å². The summed E-state index contributed by atoms with van der Waals surface area (Å²) in [6.07, 6.45) is 1.21. The molecule has 1 fully saturated rings. The number of allylic oxidation sites excluding steroid dienone is 1. The summed E-state index contributed by atoms with van der Waals surface area (Å²) in [5.41, 5.74) is 1.69. The van der Waals surface area contributed by atoms with Crippen LogP contribution >= 0.6 is 0 Å². The molecule has 0 amide bonds. The third-order valence-electron chi connectivity index (χ3n) is 4.04. The highest BCUT2D eigenvalue weighted by Gasteiger charge is 2.37. The van der Waals surface area contributed by atoms with Gasteiger partial charge >= 0.3 is 5.97 Å². The first-order valence-electron chi connectivity index (χ1n) is 7.47. The normalized spacial score (nSPS) is 26.3. The van der Waals surface area contributed by atoms with Crippen molar-refractivity contribution < 1.29 is 24.9 Å². The number of aliphatic hydroxyl groups is 2. The number of rotatable bonds is 5. The molecule has 3 atom stereocenters. The summed E-state index contributed by atoms with van der Waals surface area (Å²) in [7, 11) is 0. The number of hydrogen-bond acceptors (Lipinski definition) is 5. The summed E-state index contributed by atoms with van der Waals surface area (Å²) in [6, 6.07) is 6.75. The van der Waals surface area contributed by atoms with Gasteiger partial charge in [0.15, 0.2) is 0 Å². The van der Waals surface area contributed by atoms with Crippen LogP contribution in [0.3, 0.4) is 0 Å². The van der Waals surface area contributed by atoms with Gasteiger partial charge in [-0.2, -0.15) is 0 Å². The zero-order valence-electron chi connectivity index (χ0n) is 12.6. The molecule has 0 radical (unpaired) electrons. The molecule has 1 aromatic carbocycles. The number of carbonyl (C=O) groups excluding carboxylic acids is 1. The maximum absolute atomic E-state index is 11.9. The van der Waals surface area contributed by atoms with E-state index in [2.05, 4.69) is 0 Å². The highest BCUT2D eigenvalue weighted by molar-refractivity contribution is 5.70. The molecular weight excluding hydrogens is 284 g/mol. The van der Waals surface area contributed by atoms with Crippen molar-refractivity contribution in [2.75, 3.05) is 6.61 Å². The molecule has 5 heteroatoms. The van der Waals surface area contributed by atoms with Crippen LogP contribution in [0.1, 0.15) is 25.3 Å². The number of aliphatic hydroxyl groups excluding tert-OH is 2. The fourth-order valence-corrected chi connectivity index (χ4v) is 2.83. The Morgan fingerprint density at radius 1 is 1.32 bits per heavy atom. The molecule has 0 saturated heterocycles. The van der Waals surface area contributed by atoms with Crippen LogP contribution in [0, 0.1) is 5.92 Å². The first kappa shape index (κ1) is 16.5. The van der Waals surface area contributed by atoms with Crippen LogP contribution in [0.15, 0.2) is 35.9 Å². The van der Waals surface area contributed by atoms with Crippen molar-refractivity contribution in [3.05, 3.63) is 41.5 Å². The lowest BCUT2D eigenvalue weighted by molar-refractivity contribution is -0.144. The Hall–Kier alpha value is -1.85. The van der Waals surface area contributed by atoms with Gasteiger partial charge in [0.2, 0.25) is 0 Å². The van der Waals surface area contributed by atoms with Crippen LogP contribution in [-0.2, 0) is 16.0 Å². The first-order chi connectivity index (χ1) is 10.5. The van der Waals surface area contributed by atoms with Gasteiger partial charge in [-0.05, 0) is 42.5 Å². The van der Waals surface area contributed by atoms with E-state index >= 15 is 0 Å². The van der Waals surface area contributed by atoms with E-state index in [4.69, 9.17) is 4.74 Å². The van der Waals surface area contributed by atoms with Crippen molar-refractivity contribution in [3.63, 3.8) is 0 Å². The summed E-state index contributed by atoms with van der Waals surface area (Å²) in [5, 5.41) is 28.7. The van der Waals surface area contributed by atoms with E-state index in [1.54, 1.807) is 37.3 Å². The van der Waals surface area contributed by atoms with Gasteiger partial charge in [-0.25, -0.2) is 0 Å². The first-order valence-corrected chi connectivity index (χ1v) is 7.47. The van der Waals surface area contributed by atoms with Gasteiger partial charge in [0.05, 0.1) is 19.1 Å². The van der Waals surface area contributed by atoms with Crippen molar-refractivity contribution in [1.82, 2.24) is 0 Å². The van der Waals surface area contributed by atoms with Crippen molar-refractivity contribution in [1.29, 1.82) is 0 Å². The van der Waals surface area contributed by atoms with Crippen LogP contribution in [0.25, 0.3) is 0 Å². The molecule has 5 nitrogen and oxygen atoms in total. The molecule has 3 N–H and O–H groups in total. The van der Waals surface area contributed by atoms with Gasteiger partial charge in [-0.3, -0.25) is 4.79 Å². The van der Waals surface area contributed by atoms with Crippen LogP contribution in [0.4, 0.5) is 0 Å². The Morgan fingerprint density at radius 3 is 2.64 bits per heavy atom. The second-order valence-corrected chi connectivity index (χ2v) is 5.57. The van der Waals surface area contributed by atoms with Gasteiger partial charge in [-0.1, -0.05) is 18.2 Å². The van der Waals surface area contributed by atoms with Crippen LogP contribution in [0.2, 0.25) is 0 Å². The summed E-state index contributed by atoms with van der Waals surface area (Å²) >= 11 is 0. The Kier molecular flexibility index (Phi) is 5.57. The predicted octanol–water partition coefficient (Wildman–Crippen LogP) is 1.56. The molecule has 0 aromatic heterocycles. The molecule has 1 aromatic rings. The molecule has 0 bridgehead atoms. The zero-order chi connectivity index (χ0) is 16.1. The largest absolute Gasteiger partial charge is 0.508 e. The van der Waals surface area contributed by atoms with Gasteiger partial charge in [-0.15, -0.1) is 0 Å². The average Bonchev–Trinajstić information content (AvgIpc) is 2.75. The third-order valence-corrected chi connectivity index (χ3v) is 4.04. The number of benzene rings is 1. The number of phenols is 1. The summed E-state index contributed by atoms with van der Waals surface area (Å²) in [6.45, 7) is 2.06. The SMILES string of the molecule is C/C=C1\C(CC(=O)OCCc2ccc(O)cc2)CC(O)C1O. The quantitative estimate of drug-likeness (QED) is 0.567. The molecule has 1 aliphatic carbocycles. The monoisotopic (exact) mass is 306 g/mol. The maximum atomic E-state index is 11.9. The number of carbonyl (C=O) groups is 1. The van der Waals surface area contributed by atoms with E-state index in [0.717, 1.165) is 5.56 Å². The molecule has 22 heavy (non-hydrogen) atoms. The minimum absolute atomic E-state index is 0.156. The fraction of sp³-hybridized carbons (Fsp3) is 0.471. The third kappa shape index (κ3) is 4.08. The number of esters is 1. The summed E-state index contributed by atoms with van der Waals surface area (Å²) < 4.78 is 5.21. The maximum Gasteiger partial charge on any atom is 0.306 e. The van der Waals surface area contributed by atoms with E-state index in [9.17, 15) is 20.1 Å². The Balaban J connectivity index is 1.77. The Morgan fingerprint density at radius 2 is 2.00 bits per heavy atom. The van der Waals surface area contributed by atoms with Gasteiger partial charge in [0, 0.05) is 6.42 Å². The molecule has 2 rings (SSSR count). The van der Waals surface area contributed by atoms with E-state index in [1.165, 1.54) is 0 Å². The topological polar surface area (TPSA) is 87.0 Å². The van der Waals surface area contributed by atoms with Crippen molar-refractivity contribution in [2.24, 2.45) is 5.92 Å². The number of phenolic OH excluding ortho intramolecular Hbond substituents is 1. The van der Waals surface area contributed by atoms with Crippen molar-refractivity contribution in [3.8, 4) is 5.75 Å². The lowest BCUT2D eigenvalue weighted by atomic mass is 9.98. The van der Waals surface area contributed by atoms with Gasteiger partial charge < -0.3 is 20.1 Å². The average molecular weight is 306 g/mol.